The zero-order valence-corrected chi connectivity index (χ0v) is 14.1. The second kappa shape index (κ2) is 8.61. The van der Waals surface area contributed by atoms with Gasteiger partial charge in [0.15, 0.2) is 11.5 Å². The second-order valence-electron chi connectivity index (χ2n) is 5.37. The van der Waals surface area contributed by atoms with Gasteiger partial charge in [-0.1, -0.05) is 13.3 Å². The van der Waals surface area contributed by atoms with Crippen LogP contribution in [0.5, 0.6) is 11.5 Å². The van der Waals surface area contributed by atoms with Crippen molar-refractivity contribution in [3.05, 3.63) is 22.2 Å². The molecule has 0 spiro atoms. The van der Waals surface area contributed by atoms with E-state index >= 15 is 0 Å². The fourth-order valence-corrected chi connectivity index (χ4v) is 3.04. The van der Waals surface area contributed by atoms with Crippen molar-refractivity contribution < 1.29 is 14.6 Å². The molecule has 1 aromatic carbocycles. The van der Waals surface area contributed by atoms with Crippen LogP contribution in [0, 0.1) is 5.92 Å². The molecule has 1 aromatic rings. The first kappa shape index (κ1) is 16.6. The maximum absolute atomic E-state index is 9.02. The van der Waals surface area contributed by atoms with Gasteiger partial charge in [-0.3, -0.25) is 0 Å². The molecular weight excluding hydrogens is 334 g/mol. The number of halogens is 1. The van der Waals surface area contributed by atoms with Gasteiger partial charge in [0.1, 0.15) is 0 Å². The molecule has 1 unspecified atom stereocenters. The number of fused-ring (bicyclic) bond motifs is 1. The maximum Gasteiger partial charge on any atom is 0.175 e. The highest BCUT2D eigenvalue weighted by Crippen LogP contribution is 2.38. The molecule has 1 heterocycles. The summed E-state index contributed by atoms with van der Waals surface area (Å²) in [5, 5.41) is 12.5. The molecule has 0 saturated heterocycles. The third-order valence-electron chi connectivity index (χ3n) is 3.74. The number of ether oxygens (including phenoxy) is 2. The SMILES string of the molecule is CCC(CCO)CNCc1cc(Br)c2c(c1)OCCCO2. The summed E-state index contributed by atoms with van der Waals surface area (Å²) < 4.78 is 12.4. The maximum atomic E-state index is 9.02. The molecule has 0 aliphatic carbocycles. The molecule has 4 nitrogen and oxygen atoms in total. The van der Waals surface area contributed by atoms with Gasteiger partial charge in [0.2, 0.25) is 0 Å². The van der Waals surface area contributed by atoms with Gasteiger partial charge >= 0.3 is 0 Å². The number of benzene rings is 1. The molecule has 0 aromatic heterocycles. The first-order valence-corrected chi connectivity index (χ1v) is 8.43. The Morgan fingerprint density at radius 1 is 1.33 bits per heavy atom. The summed E-state index contributed by atoms with van der Waals surface area (Å²) in [7, 11) is 0. The number of aliphatic hydroxyl groups is 1. The Morgan fingerprint density at radius 2 is 2.14 bits per heavy atom. The van der Waals surface area contributed by atoms with Gasteiger partial charge in [-0.05, 0) is 52.5 Å². The van der Waals surface area contributed by atoms with Gasteiger partial charge in [0.25, 0.3) is 0 Å². The second-order valence-corrected chi connectivity index (χ2v) is 6.23. The van der Waals surface area contributed by atoms with Crippen molar-refractivity contribution in [3.63, 3.8) is 0 Å². The summed E-state index contributed by atoms with van der Waals surface area (Å²) in [6.07, 6.45) is 2.85. The van der Waals surface area contributed by atoms with Gasteiger partial charge in [0, 0.05) is 19.6 Å². The summed E-state index contributed by atoms with van der Waals surface area (Å²) in [6, 6.07) is 4.12. The van der Waals surface area contributed by atoms with Crippen molar-refractivity contribution in [1.29, 1.82) is 0 Å². The molecule has 118 valence electrons. The number of hydrogen-bond donors (Lipinski definition) is 2. The van der Waals surface area contributed by atoms with Crippen molar-refractivity contribution in [2.45, 2.75) is 32.7 Å². The molecule has 2 N–H and O–H groups in total. The summed E-state index contributed by atoms with van der Waals surface area (Å²) in [5.41, 5.74) is 1.17. The van der Waals surface area contributed by atoms with Gasteiger partial charge in [-0.25, -0.2) is 0 Å². The predicted molar refractivity (Wildman–Crippen MR) is 86.9 cm³/mol. The van der Waals surface area contributed by atoms with Gasteiger partial charge < -0.3 is 19.9 Å². The Balaban J connectivity index is 1.95. The first-order valence-electron chi connectivity index (χ1n) is 7.64. The molecule has 2 rings (SSSR count). The Hall–Kier alpha value is -0.780. The lowest BCUT2D eigenvalue weighted by atomic mass is 10.0. The molecule has 0 amide bonds. The minimum absolute atomic E-state index is 0.260. The van der Waals surface area contributed by atoms with E-state index in [1.54, 1.807) is 0 Å². The van der Waals surface area contributed by atoms with E-state index in [4.69, 9.17) is 14.6 Å². The minimum atomic E-state index is 0.260. The highest BCUT2D eigenvalue weighted by molar-refractivity contribution is 9.10. The molecule has 0 bridgehead atoms. The smallest absolute Gasteiger partial charge is 0.175 e. The van der Waals surface area contributed by atoms with Crippen LogP contribution in [0.4, 0.5) is 0 Å². The van der Waals surface area contributed by atoms with Crippen LogP contribution in [0.1, 0.15) is 31.7 Å². The standard InChI is InChI=1S/C16H24BrNO3/c1-2-12(4-5-19)10-18-11-13-8-14(17)16-15(9-13)20-6-3-7-21-16/h8-9,12,18-19H,2-7,10-11H2,1H3. The third-order valence-corrected chi connectivity index (χ3v) is 4.33. The molecule has 0 saturated carbocycles. The Bertz CT molecular complexity index is 453. The topological polar surface area (TPSA) is 50.7 Å². The van der Waals surface area contributed by atoms with Crippen LogP contribution in [-0.2, 0) is 6.54 Å². The first-order chi connectivity index (χ1) is 10.2. The third kappa shape index (κ3) is 4.87. The molecule has 5 heteroatoms. The van der Waals surface area contributed by atoms with Crippen LogP contribution >= 0.6 is 15.9 Å². The van der Waals surface area contributed by atoms with Crippen molar-refractivity contribution in [1.82, 2.24) is 5.32 Å². The molecule has 1 aliphatic rings. The van der Waals surface area contributed by atoms with E-state index in [1.165, 1.54) is 5.56 Å². The summed E-state index contributed by atoms with van der Waals surface area (Å²) >= 11 is 3.56. The lowest BCUT2D eigenvalue weighted by Crippen LogP contribution is -2.23. The quantitative estimate of drug-likeness (QED) is 0.787. The van der Waals surface area contributed by atoms with E-state index < -0.39 is 0 Å². The van der Waals surface area contributed by atoms with E-state index in [9.17, 15) is 0 Å². The molecule has 0 radical (unpaired) electrons. The average Bonchev–Trinajstić information content (AvgIpc) is 2.72. The average molecular weight is 358 g/mol. The van der Waals surface area contributed by atoms with E-state index in [2.05, 4.69) is 34.2 Å². The normalized spacial score (nSPS) is 15.6. The molecule has 0 fully saturated rings. The number of nitrogens with one attached hydrogen (secondary N) is 1. The van der Waals surface area contributed by atoms with Crippen LogP contribution < -0.4 is 14.8 Å². The van der Waals surface area contributed by atoms with E-state index in [1.807, 2.05) is 6.07 Å². The summed E-state index contributed by atoms with van der Waals surface area (Å²) in [5.74, 6) is 2.16. The highest BCUT2D eigenvalue weighted by atomic mass is 79.9. The lowest BCUT2D eigenvalue weighted by Gasteiger charge is -2.15. The van der Waals surface area contributed by atoms with Gasteiger partial charge in [0.05, 0.1) is 17.7 Å². The largest absolute Gasteiger partial charge is 0.490 e. The molecule has 1 aliphatic heterocycles. The fourth-order valence-electron chi connectivity index (χ4n) is 2.44. The highest BCUT2D eigenvalue weighted by Gasteiger charge is 2.15. The lowest BCUT2D eigenvalue weighted by molar-refractivity contribution is 0.251. The Labute approximate surface area is 135 Å². The van der Waals surface area contributed by atoms with Crippen LogP contribution in [-0.4, -0.2) is 31.5 Å². The zero-order chi connectivity index (χ0) is 15.1. The predicted octanol–water partition coefficient (Wildman–Crippen LogP) is 3.11. The van der Waals surface area contributed by atoms with Crippen LogP contribution in [0.2, 0.25) is 0 Å². The van der Waals surface area contributed by atoms with Crippen molar-refractivity contribution in [2.24, 2.45) is 5.92 Å². The fraction of sp³-hybridized carbons (Fsp3) is 0.625. The van der Waals surface area contributed by atoms with E-state index in [0.29, 0.717) is 19.1 Å². The number of hydrogen-bond acceptors (Lipinski definition) is 4. The monoisotopic (exact) mass is 357 g/mol. The van der Waals surface area contributed by atoms with Crippen LogP contribution in [0.3, 0.4) is 0 Å². The summed E-state index contributed by atoms with van der Waals surface area (Å²) in [6.45, 7) is 5.52. The molecule has 21 heavy (non-hydrogen) atoms. The van der Waals surface area contributed by atoms with Crippen LogP contribution in [0.25, 0.3) is 0 Å². The Kier molecular flexibility index (Phi) is 6.80. The van der Waals surface area contributed by atoms with Crippen LogP contribution in [0.15, 0.2) is 16.6 Å². The van der Waals surface area contributed by atoms with Crippen molar-refractivity contribution in [3.8, 4) is 11.5 Å². The summed E-state index contributed by atoms with van der Waals surface area (Å²) in [4.78, 5) is 0. The van der Waals surface area contributed by atoms with Crippen molar-refractivity contribution >= 4 is 15.9 Å². The van der Waals surface area contributed by atoms with Gasteiger partial charge in [-0.15, -0.1) is 0 Å². The molecular formula is C16H24BrNO3. The van der Waals surface area contributed by atoms with Gasteiger partial charge in [-0.2, -0.15) is 0 Å². The minimum Gasteiger partial charge on any atom is -0.490 e. The van der Waals surface area contributed by atoms with Crippen molar-refractivity contribution in [2.75, 3.05) is 26.4 Å². The Morgan fingerprint density at radius 3 is 2.90 bits per heavy atom. The van der Waals surface area contributed by atoms with E-state index in [0.717, 1.165) is 48.3 Å². The number of aliphatic hydroxyl groups excluding tert-OH is 1. The number of rotatable bonds is 7. The van der Waals surface area contributed by atoms with E-state index in [-0.39, 0.29) is 6.61 Å². The zero-order valence-electron chi connectivity index (χ0n) is 12.5. The molecule has 1 atom stereocenters.